The number of allylic oxidation sites excluding steroid dienone is 2. The second-order valence-electron chi connectivity index (χ2n) is 7.11. The summed E-state index contributed by atoms with van der Waals surface area (Å²) >= 11 is 8.18. The molecule has 28 heavy (non-hydrogen) atoms. The van der Waals surface area contributed by atoms with Gasteiger partial charge in [0.05, 0.1) is 0 Å². The Hall–Kier alpha value is -0.680. The molecule has 2 fully saturated rings. The Morgan fingerprint density at radius 3 is 1.21 bits per heavy atom. The van der Waals surface area contributed by atoms with Gasteiger partial charge in [0.1, 0.15) is 0 Å². The fraction of sp³-hybridized carbons (Fsp3) is 0.333. The quantitative estimate of drug-likeness (QED) is 0.460. The molecule has 2 unspecified atom stereocenters. The largest absolute Gasteiger partial charge is 0.118 e. The fourth-order valence-electron chi connectivity index (χ4n) is 4.04. The minimum Gasteiger partial charge on any atom is -0.118 e. The number of benzene rings is 2. The van der Waals surface area contributed by atoms with Gasteiger partial charge in [0.2, 0.25) is 0 Å². The normalized spacial score (nSPS) is 18.9. The summed E-state index contributed by atoms with van der Waals surface area (Å²) in [7, 11) is 0. The molecule has 2 aliphatic heterocycles. The lowest BCUT2D eigenvalue weighted by Crippen LogP contribution is -2.15. The van der Waals surface area contributed by atoms with Crippen LogP contribution in [0, 0.1) is 0 Å². The maximum atomic E-state index is 2.38. The predicted octanol–water partition coefficient (Wildman–Crippen LogP) is 7.98. The van der Waals surface area contributed by atoms with E-state index < -0.39 is 0 Å². The molecule has 0 N–H and O–H groups in total. The number of rotatable bonds is 5. The highest BCUT2D eigenvalue weighted by Crippen LogP contribution is 2.52. The summed E-state index contributed by atoms with van der Waals surface area (Å²) in [4.78, 5) is 0. The van der Waals surface area contributed by atoms with E-state index in [1.165, 1.54) is 34.1 Å². The summed E-state index contributed by atoms with van der Waals surface area (Å²) in [6.07, 6.45) is 0. The molecular weight excluding hydrogens is 417 g/mol. The van der Waals surface area contributed by atoms with Crippen molar-refractivity contribution in [2.45, 2.75) is 25.7 Å². The molecule has 2 heterocycles. The maximum Gasteiger partial charge on any atom is 0.0397 e. The van der Waals surface area contributed by atoms with Gasteiger partial charge in [-0.15, -0.1) is 47.0 Å². The van der Waals surface area contributed by atoms with Crippen LogP contribution in [0.1, 0.15) is 36.8 Å². The van der Waals surface area contributed by atoms with Gasteiger partial charge in [0, 0.05) is 43.3 Å². The summed E-state index contributed by atoms with van der Waals surface area (Å²) in [6, 6.07) is 22.3. The van der Waals surface area contributed by atoms with Gasteiger partial charge in [0.25, 0.3) is 0 Å². The molecule has 0 aromatic heterocycles. The Kier molecular flexibility index (Phi) is 7.27. The molecule has 0 nitrogen and oxygen atoms in total. The van der Waals surface area contributed by atoms with Gasteiger partial charge in [-0.3, -0.25) is 0 Å². The van der Waals surface area contributed by atoms with Gasteiger partial charge in [-0.1, -0.05) is 60.7 Å². The van der Waals surface area contributed by atoms with Crippen LogP contribution in [0.4, 0.5) is 0 Å². The number of hydrogen-bond acceptors (Lipinski definition) is 4. The van der Waals surface area contributed by atoms with Crippen LogP contribution in [0.15, 0.2) is 80.3 Å². The lowest BCUT2D eigenvalue weighted by molar-refractivity contribution is 0.669. The van der Waals surface area contributed by atoms with Crippen LogP contribution in [0.25, 0.3) is 0 Å². The summed E-state index contributed by atoms with van der Waals surface area (Å²) in [6.45, 7) is 4.75. The third kappa shape index (κ3) is 4.56. The molecule has 2 aromatic rings. The molecule has 4 rings (SSSR count). The topological polar surface area (TPSA) is 0 Å². The average molecular weight is 443 g/mol. The van der Waals surface area contributed by atoms with E-state index in [9.17, 15) is 0 Å². The minimum atomic E-state index is 0.381. The molecule has 0 amide bonds. The third-order valence-corrected chi connectivity index (χ3v) is 11.2. The molecule has 2 aliphatic rings. The van der Waals surface area contributed by atoms with Crippen molar-refractivity contribution in [1.29, 1.82) is 0 Å². The minimum absolute atomic E-state index is 0.381. The molecular formula is C24H26S4. The lowest BCUT2D eigenvalue weighted by atomic mass is 9.74. The molecule has 0 saturated carbocycles. The van der Waals surface area contributed by atoms with Crippen molar-refractivity contribution in [3.05, 3.63) is 91.4 Å². The Balaban J connectivity index is 1.88. The number of thioether (sulfide) groups is 4. The van der Waals surface area contributed by atoms with E-state index >= 15 is 0 Å². The Labute approximate surface area is 186 Å². The fourth-order valence-corrected chi connectivity index (χ4v) is 9.20. The number of hydrogen-bond donors (Lipinski definition) is 0. The molecule has 146 valence electrons. The molecule has 2 aromatic carbocycles. The highest BCUT2D eigenvalue weighted by Gasteiger charge is 2.32. The smallest absolute Gasteiger partial charge is 0.0397 e. The van der Waals surface area contributed by atoms with Gasteiger partial charge >= 0.3 is 0 Å². The molecule has 2 saturated heterocycles. The maximum absolute atomic E-state index is 2.38. The Morgan fingerprint density at radius 2 is 0.893 bits per heavy atom. The van der Waals surface area contributed by atoms with E-state index in [1.807, 2.05) is 47.0 Å². The van der Waals surface area contributed by atoms with E-state index in [0.29, 0.717) is 11.8 Å². The zero-order valence-corrected chi connectivity index (χ0v) is 19.7. The van der Waals surface area contributed by atoms with Crippen molar-refractivity contribution >= 4 is 47.0 Å². The molecule has 0 radical (unpaired) electrons. The summed E-state index contributed by atoms with van der Waals surface area (Å²) < 4.78 is 3.08. The van der Waals surface area contributed by atoms with Crippen LogP contribution in [0.3, 0.4) is 0 Å². The van der Waals surface area contributed by atoms with Crippen LogP contribution in [-0.4, -0.2) is 23.0 Å². The molecule has 0 bridgehead atoms. The first kappa shape index (κ1) is 20.6. The zero-order valence-electron chi connectivity index (χ0n) is 16.4. The standard InChI is InChI=1S/C24H26S4/c1-17(23-25-13-14-26-23)21(19-9-5-3-6-10-19)22(20-11-7-4-8-12-20)18(2)24-27-15-16-28-24/h3-12,21-22H,13-16H2,1-2H3. The first-order valence-corrected chi connectivity index (χ1v) is 13.7. The monoisotopic (exact) mass is 442 g/mol. The van der Waals surface area contributed by atoms with Crippen LogP contribution in [0.5, 0.6) is 0 Å². The van der Waals surface area contributed by atoms with Gasteiger partial charge in [0.15, 0.2) is 0 Å². The van der Waals surface area contributed by atoms with E-state index in [1.54, 1.807) is 19.6 Å². The second kappa shape index (κ2) is 9.88. The lowest BCUT2D eigenvalue weighted by Gasteiger charge is -2.31. The van der Waals surface area contributed by atoms with Crippen LogP contribution in [0.2, 0.25) is 0 Å². The summed E-state index contributed by atoms with van der Waals surface area (Å²) in [5.41, 5.74) is 5.95. The van der Waals surface area contributed by atoms with Crippen molar-refractivity contribution in [2.75, 3.05) is 23.0 Å². The van der Waals surface area contributed by atoms with Gasteiger partial charge in [-0.25, -0.2) is 0 Å². The molecule has 4 heteroatoms. The van der Waals surface area contributed by atoms with Gasteiger partial charge in [-0.05, 0) is 36.1 Å². The first-order chi connectivity index (χ1) is 13.8. The summed E-state index contributed by atoms with van der Waals surface area (Å²) in [5, 5.41) is 0. The highest BCUT2D eigenvalue weighted by molar-refractivity contribution is 8.25. The van der Waals surface area contributed by atoms with Crippen molar-refractivity contribution in [1.82, 2.24) is 0 Å². The molecule has 0 spiro atoms. The van der Waals surface area contributed by atoms with Gasteiger partial charge in [-0.2, -0.15) is 0 Å². The van der Waals surface area contributed by atoms with Crippen molar-refractivity contribution in [2.24, 2.45) is 0 Å². The van der Waals surface area contributed by atoms with Crippen molar-refractivity contribution < 1.29 is 0 Å². The van der Waals surface area contributed by atoms with E-state index in [2.05, 4.69) is 74.5 Å². The SMILES string of the molecule is CC(=C1SCCS1)C(c1ccccc1)C(C(C)=C1SCCS1)c1ccccc1. The predicted molar refractivity (Wildman–Crippen MR) is 134 cm³/mol. The molecule has 2 atom stereocenters. The zero-order chi connectivity index (χ0) is 19.3. The molecule has 0 aliphatic carbocycles. The highest BCUT2D eigenvalue weighted by atomic mass is 32.2. The van der Waals surface area contributed by atoms with Gasteiger partial charge < -0.3 is 0 Å². The second-order valence-corrected chi connectivity index (χ2v) is 12.0. The average Bonchev–Trinajstić information content (AvgIpc) is 3.47. The first-order valence-electron chi connectivity index (χ1n) is 9.78. The van der Waals surface area contributed by atoms with E-state index in [0.717, 1.165) is 0 Å². The van der Waals surface area contributed by atoms with E-state index in [4.69, 9.17) is 0 Å². The van der Waals surface area contributed by atoms with E-state index in [-0.39, 0.29) is 0 Å². The Bertz CT molecular complexity index is 765. The van der Waals surface area contributed by atoms with Crippen LogP contribution < -0.4 is 0 Å². The third-order valence-electron chi connectivity index (χ3n) is 5.33. The van der Waals surface area contributed by atoms with Crippen molar-refractivity contribution in [3.63, 3.8) is 0 Å². The van der Waals surface area contributed by atoms with Crippen LogP contribution in [-0.2, 0) is 0 Å². The summed E-state index contributed by atoms with van der Waals surface area (Å²) in [5.74, 6) is 5.71. The van der Waals surface area contributed by atoms with Crippen LogP contribution >= 0.6 is 47.0 Å². The van der Waals surface area contributed by atoms with Crippen molar-refractivity contribution in [3.8, 4) is 0 Å². The Morgan fingerprint density at radius 1 is 0.571 bits per heavy atom.